The van der Waals surface area contributed by atoms with Gasteiger partial charge in [0.2, 0.25) is 5.91 Å². The summed E-state index contributed by atoms with van der Waals surface area (Å²) in [5.41, 5.74) is 1.59. The van der Waals surface area contributed by atoms with Crippen molar-refractivity contribution in [3.05, 3.63) is 29.8 Å². The maximum Gasteiger partial charge on any atom is 0.317 e. The minimum atomic E-state index is -0.939. The first-order chi connectivity index (χ1) is 12.0. The molecule has 25 heavy (non-hydrogen) atoms. The van der Waals surface area contributed by atoms with Crippen LogP contribution in [0.4, 0.5) is 10.5 Å². The zero-order valence-electron chi connectivity index (χ0n) is 14.5. The molecule has 0 bridgehead atoms. The van der Waals surface area contributed by atoms with Crippen LogP contribution in [-0.2, 0) is 16.1 Å². The molecule has 0 atom stereocenters. The molecule has 0 heterocycles. The van der Waals surface area contributed by atoms with Crippen molar-refractivity contribution < 1.29 is 19.5 Å². The van der Waals surface area contributed by atoms with Gasteiger partial charge in [-0.15, -0.1) is 0 Å². The number of carbonyl (C=O) groups is 3. The molecule has 3 amide bonds. The lowest BCUT2D eigenvalue weighted by Gasteiger charge is -2.17. The van der Waals surface area contributed by atoms with Crippen molar-refractivity contribution in [2.24, 2.45) is 5.92 Å². The highest BCUT2D eigenvalue weighted by atomic mass is 16.4. The molecule has 1 aromatic carbocycles. The van der Waals surface area contributed by atoms with E-state index in [-0.39, 0.29) is 30.8 Å². The van der Waals surface area contributed by atoms with E-state index in [1.54, 1.807) is 7.05 Å². The summed E-state index contributed by atoms with van der Waals surface area (Å²) in [5, 5.41) is 14.3. The highest BCUT2D eigenvalue weighted by Crippen LogP contribution is 2.26. The van der Waals surface area contributed by atoms with Crippen LogP contribution in [0.3, 0.4) is 0 Å². The predicted molar refractivity (Wildman–Crippen MR) is 94.1 cm³/mol. The van der Waals surface area contributed by atoms with Crippen LogP contribution in [0.5, 0.6) is 0 Å². The van der Waals surface area contributed by atoms with Crippen LogP contribution in [0.1, 0.15) is 37.7 Å². The minimum absolute atomic E-state index is 0.0621. The fraction of sp³-hybridized carbons (Fsp3) is 0.500. The Morgan fingerprint density at radius 2 is 1.96 bits per heavy atom. The van der Waals surface area contributed by atoms with Crippen LogP contribution >= 0.6 is 0 Å². The predicted octanol–water partition coefficient (Wildman–Crippen LogP) is 2.43. The average molecular weight is 347 g/mol. The van der Waals surface area contributed by atoms with E-state index in [4.69, 9.17) is 5.11 Å². The summed E-state index contributed by atoms with van der Waals surface area (Å²) in [7, 11) is 1.55. The molecule has 0 radical (unpaired) electrons. The largest absolute Gasteiger partial charge is 0.481 e. The number of nitrogens with one attached hydrogen (secondary N) is 2. The number of rotatable bonds is 7. The van der Waals surface area contributed by atoms with Gasteiger partial charge in [-0.05, 0) is 30.5 Å². The van der Waals surface area contributed by atoms with Gasteiger partial charge >= 0.3 is 12.0 Å². The molecule has 2 rings (SSSR count). The number of aliphatic carboxylic acids is 1. The van der Waals surface area contributed by atoms with Crippen molar-refractivity contribution >= 4 is 23.6 Å². The van der Waals surface area contributed by atoms with Gasteiger partial charge in [0.1, 0.15) is 0 Å². The number of urea groups is 1. The van der Waals surface area contributed by atoms with Crippen molar-refractivity contribution in [1.29, 1.82) is 0 Å². The molecule has 7 nitrogen and oxygen atoms in total. The minimum Gasteiger partial charge on any atom is -0.481 e. The third-order valence-electron chi connectivity index (χ3n) is 4.37. The lowest BCUT2D eigenvalue weighted by molar-refractivity contribution is -0.137. The van der Waals surface area contributed by atoms with Gasteiger partial charge in [0.05, 0.1) is 6.42 Å². The van der Waals surface area contributed by atoms with E-state index in [1.165, 1.54) is 4.90 Å². The van der Waals surface area contributed by atoms with Gasteiger partial charge in [-0.25, -0.2) is 4.79 Å². The summed E-state index contributed by atoms with van der Waals surface area (Å²) in [6.07, 6.45) is 4.03. The average Bonchev–Trinajstić information content (AvgIpc) is 3.12. The maximum absolute atomic E-state index is 12.2. The van der Waals surface area contributed by atoms with Crippen molar-refractivity contribution in [2.75, 3.05) is 18.9 Å². The Hall–Kier alpha value is -2.57. The van der Waals surface area contributed by atoms with E-state index >= 15 is 0 Å². The fourth-order valence-electron chi connectivity index (χ4n) is 2.87. The summed E-state index contributed by atoms with van der Waals surface area (Å²) in [6, 6.07) is 7.03. The normalized spacial score (nSPS) is 14.1. The first kappa shape index (κ1) is 18.8. The Morgan fingerprint density at radius 1 is 1.24 bits per heavy atom. The second kappa shape index (κ2) is 9.05. The van der Waals surface area contributed by atoms with E-state index in [2.05, 4.69) is 10.6 Å². The summed E-state index contributed by atoms with van der Waals surface area (Å²) in [6.45, 7) is 0.460. The molecule has 0 unspecified atom stereocenters. The second-order valence-corrected chi connectivity index (χ2v) is 6.40. The molecule has 1 saturated carbocycles. The van der Waals surface area contributed by atoms with E-state index in [9.17, 15) is 14.4 Å². The first-order valence-electron chi connectivity index (χ1n) is 8.56. The number of carboxylic acid groups (broad SMARTS) is 1. The molecule has 1 aliphatic carbocycles. The van der Waals surface area contributed by atoms with E-state index in [0.29, 0.717) is 6.54 Å². The van der Waals surface area contributed by atoms with Gasteiger partial charge in [0.25, 0.3) is 0 Å². The highest BCUT2D eigenvalue weighted by molar-refractivity contribution is 5.92. The van der Waals surface area contributed by atoms with E-state index in [1.807, 2.05) is 24.3 Å². The Labute approximate surface area is 147 Å². The molecule has 136 valence electrons. The molecule has 0 saturated heterocycles. The number of hydrogen-bond donors (Lipinski definition) is 3. The van der Waals surface area contributed by atoms with Gasteiger partial charge in [-0.3, -0.25) is 9.59 Å². The van der Waals surface area contributed by atoms with Crippen LogP contribution in [0, 0.1) is 5.92 Å². The smallest absolute Gasteiger partial charge is 0.317 e. The lowest BCUT2D eigenvalue weighted by Crippen LogP contribution is -2.38. The molecule has 3 N–H and O–H groups in total. The van der Waals surface area contributed by atoms with E-state index in [0.717, 1.165) is 36.9 Å². The third-order valence-corrected chi connectivity index (χ3v) is 4.37. The first-order valence-corrected chi connectivity index (χ1v) is 8.56. The van der Waals surface area contributed by atoms with E-state index < -0.39 is 5.97 Å². The van der Waals surface area contributed by atoms with Gasteiger partial charge in [0, 0.05) is 31.7 Å². The Bertz CT molecular complexity index is 627. The quantitative estimate of drug-likeness (QED) is 0.705. The van der Waals surface area contributed by atoms with Crippen molar-refractivity contribution in [3.63, 3.8) is 0 Å². The van der Waals surface area contributed by atoms with Crippen LogP contribution in [0.15, 0.2) is 24.3 Å². The zero-order valence-corrected chi connectivity index (χ0v) is 14.5. The van der Waals surface area contributed by atoms with Crippen molar-refractivity contribution in [2.45, 2.75) is 38.6 Å². The summed E-state index contributed by atoms with van der Waals surface area (Å²) >= 11 is 0. The highest BCUT2D eigenvalue weighted by Gasteiger charge is 2.22. The molecule has 0 aromatic heterocycles. The Morgan fingerprint density at radius 3 is 2.64 bits per heavy atom. The number of hydrogen-bond acceptors (Lipinski definition) is 3. The molecule has 0 spiro atoms. The molecule has 1 fully saturated rings. The topological polar surface area (TPSA) is 98.7 Å². The SMILES string of the molecule is CN(CCC(=O)O)C(=O)NCc1cccc(NC(=O)C2CCCC2)c1. The Balaban J connectivity index is 1.83. The van der Waals surface area contributed by atoms with Gasteiger partial charge < -0.3 is 20.6 Å². The third kappa shape index (κ3) is 6.10. The standard InChI is InChI=1S/C18H25N3O4/c1-21(10-9-16(22)23)18(25)19-12-13-5-4-8-15(11-13)20-17(24)14-6-2-3-7-14/h4-5,8,11,14H,2-3,6-7,9-10,12H2,1H3,(H,19,25)(H,20,24)(H,22,23). The van der Waals surface area contributed by atoms with Crippen molar-refractivity contribution in [3.8, 4) is 0 Å². The fourth-order valence-corrected chi connectivity index (χ4v) is 2.87. The van der Waals surface area contributed by atoms with Crippen molar-refractivity contribution in [1.82, 2.24) is 10.2 Å². The summed E-state index contributed by atoms with van der Waals surface area (Å²) < 4.78 is 0. The van der Waals surface area contributed by atoms with Crippen LogP contribution in [0.25, 0.3) is 0 Å². The number of carboxylic acids is 1. The number of benzene rings is 1. The molecular formula is C18H25N3O4. The molecule has 1 aromatic rings. The number of amides is 3. The van der Waals surface area contributed by atoms with Crippen LogP contribution in [-0.4, -0.2) is 41.5 Å². The zero-order chi connectivity index (χ0) is 18.2. The maximum atomic E-state index is 12.2. The monoisotopic (exact) mass is 347 g/mol. The Kier molecular flexibility index (Phi) is 6.80. The van der Waals surface area contributed by atoms with Crippen LogP contribution < -0.4 is 10.6 Å². The number of nitrogens with zero attached hydrogens (tertiary/aromatic N) is 1. The molecule has 0 aliphatic heterocycles. The molecule has 1 aliphatic rings. The molecular weight excluding hydrogens is 322 g/mol. The second-order valence-electron chi connectivity index (χ2n) is 6.40. The summed E-state index contributed by atoms with van der Waals surface area (Å²) in [5.74, 6) is -0.774. The van der Waals surface area contributed by atoms with Gasteiger partial charge in [-0.1, -0.05) is 25.0 Å². The number of carbonyl (C=O) groups excluding carboxylic acids is 2. The number of anilines is 1. The van der Waals surface area contributed by atoms with Gasteiger partial charge in [-0.2, -0.15) is 0 Å². The molecule has 7 heteroatoms. The van der Waals surface area contributed by atoms with Gasteiger partial charge in [0.15, 0.2) is 0 Å². The lowest BCUT2D eigenvalue weighted by atomic mass is 10.1. The summed E-state index contributed by atoms with van der Waals surface area (Å²) in [4.78, 5) is 36.0. The van der Waals surface area contributed by atoms with Crippen LogP contribution in [0.2, 0.25) is 0 Å².